The molecule has 0 amide bonds. The average Bonchev–Trinajstić information content (AvgIpc) is 2.04. The van der Waals surface area contributed by atoms with Crippen LogP contribution >= 0.6 is 0 Å². The first-order valence-electron chi connectivity index (χ1n) is 3.45. The van der Waals surface area contributed by atoms with Crippen molar-refractivity contribution in [2.45, 2.75) is 13.5 Å². The maximum atomic E-state index is 11.2. The second kappa shape index (κ2) is 3.17. The van der Waals surface area contributed by atoms with Gasteiger partial charge in [0.05, 0.1) is 0 Å². The Kier molecular flexibility index (Phi) is 2.23. The van der Waals surface area contributed by atoms with E-state index in [2.05, 4.69) is 4.98 Å². The lowest BCUT2D eigenvalue weighted by Crippen LogP contribution is -2.26. The van der Waals surface area contributed by atoms with Crippen molar-refractivity contribution >= 4 is 5.97 Å². The fourth-order valence-electron chi connectivity index (χ4n) is 0.843. The summed E-state index contributed by atoms with van der Waals surface area (Å²) >= 11 is 0. The highest BCUT2D eigenvalue weighted by molar-refractivity contribution is 5.84. The Morgan fingerprint density at radius 3 is 2.92 bits per heavy atom. The van der Waals surface area contributed by atoms with Crippen LogP contribution in [0.4, 0.5) is 0 Å². The SMILES string of the molecule is CCn1ccnc(C(=O)O)c1=O. The van der Waals surface area contributed by atoms with Gasteiger partial charge in [-0.15, -0.1) is 0 Å². The number of rotatable bonds is 2. The van der Waals surface area contributed by atoms with Crippen LogP contribution in [0, 0.1) is 0 Å². The number of hydrogen-bond donors (Lipinski definition) is 1. The molecule has 5 nitrogen and oxygen atoms in total. The highest BCUT2D eigenvalue weighted by Gasteiger charge is 2.10. The van der Waals surface area contributed by atoms with Gasteiger partial charge in [0, 0.05) is 18.9 Å². The Bertz CT molecular complexity index is 356. The van der Waals surface area contributed by atoms with E-state index in [1.165, 1.54) is 17.0 Å². The lowest BCUT2D eigenvalue weighted by atomic mass is 10.4. The zero-order valence-electron chi connectivity index (χ0n) is 6.52. The third-order valence-corrected chi connectivity index (χ3v) is 1.46. The monoisotopic (exact) mass is 168 g/mol. The first-order chi connectivity index (χ1) is 5.66. The number of carboxylic acids is 1. The molecule has 0 unspecified atom stereocenters. The van der Waals surface area contributed by atoms with Crippen LogP contribution in [-0.4, -0.2) is 20.6 Å². The number of carbonyl (C=O) groups is 1. The molecule has 12 heavy (non-hydrogen) atoms. The standard InChI is InChI=1S/C7H8N2O3/c1-2-9-4-3-8-5(6(9)10)7(11)12/h3-4H,2H2,1H3,(H,11,12). The van der Waals surface area contributed by atoms with Crippen LogP contribution in [0.5, 0.6) is 0 Å². The van der Waals surface area contributed by atoms with Crippen LogP contribution in [0.3, 0.4) is 0 Å². The Labute approximate surface area is 68.3 Å². The number of hydrogen-bond acceptors (Lipinski definition) is 3. The Hall–Kier alpha value is -1.65. The molecule has 1 aromatic heterocycles. The van der Waals surface area contributed by atoms with Crippen LogP contribution in [0.2, 0.25) is 0 Å². The van der Waals surface area contributed by atoms with Crippen LogP contribution in [0.25, 0.3) is 0 Å². The van der Waals surface area contributed by atoms with E-state index < -0.39 is 17.2 Å². The molecule has 1 aromatic rings. The van der Waals surface area contributed by atoms with E-state index in [1.54, 1.807) is 6.92 Å². The van der Waals surface area contributed by atoms with Gasteiger partial charge >= 0.3 is 5.97 Å². The highest BCUT2D eigenvalue weighted by atomic mass is 16.4. The maximum absolute atomic E-state index is 11.2. The molecule has 0 aliphatic heterocycles. The second-order valence-electron chi connectivity index (χ2n) is 2.17. The minimum Gasteiger partial charge on any atom is -0.476 e. The molecule has 0 aliphatic rings. The van der Waals surface area contributed by atoms with E-state index in [9.17, 15) is 9.59 Å². The first kappa shape index (κ1) is 8.45. The smallest absolute Gasteiger partial charge is 0.360 e. The quantitative estimate of drug-likeness (QED) is 0.672. The van der Waals surface area contributed by atoms with Gasteiger partial charge in [-0.25, -0.2) is 9.78 Å². The van der Waals surface area contributed by atoms with Gasteiger partial charge in [-0.2, -0.15) is 0 Å². The summed E-state index contributed by atoms with van der Waals surface area (Å²) < 4.78 is 1.29. The van der Waals surface area contributed by atoms with E-state index in [0.29, 0.717) is 6.54 Å². The molecular weight excluding hydrogens is 160 g/mol. The summed E-state index contributed by atoms with van der Waals surface area (Å²) in [6.07, 6.45) is 2.75. The predicted molar refractivity (Wildman–Crippen MR) is 41.1 cm³/mol. The summed E-state index contributed by atoms with van der Waals surface area (Å²) in [7, 11) is 0. The minimum absolute atomic E-state index is 0.431. The molecule has 0 atom stereocenters. The molecular formula is C7H8N2O3. The molecule has 0 bridgehead atoms. The second-order valence-corrected chi connectivity index (χ2v) is 2.17. The van der Waals surface area contributed by atoms with Gasteiger partial charge in [0.1, 0.15) is 0 Å². The Morgan fingerprint density at radius 1 is 1.75 bits per heavy atom. The lowest BCUT2D eigenvalue weighted by Gasteiger charge is -1.99. The van der Waals surface area contributed by atoms with Crippen molar-refractivity contribution in [2.24, 2.45) is 0 Å². The molecule has 0 aliphatic carbocycles. The fourth-order valence-corrected chi connectivity index (χ4v) is 0.843. The van der Waals surface area contributed by atoms with Gasteiger partial charge in [-0.1, -0.05) is 0 Å². The van der Waals surface area contributed by atoms with E-state index in [4.69, 9.17) is 5.11 Å². The summed E-state index contributed by atoms with van der Waals surface area (Å²) in [5.74, 6) is -1.29. The van der Waals surface area contributed by atoms with Crippen molar-refractivity contribution in [1.29, 1.82) is 0 Å². The number of carboxylic acid groups (broad SMARTS) is 1. The molecule has 1 N–H and O–H groups in total. The van der Waals surface area contributed by atoms with Crippen molar-refractivity contribution in [3.8, 4) is 0 Å². The van der Waals surface area contributed by atoms with E-state index in [-0.39, 0.29) is 0 Å². The predicted octanol–water partition coefficient (Wildman–Crippen LogP) is -0.0386. The van der Waals surface area contributed by atoms with Crippen molar-refractivity contribution in [3.63, 3.8) is 0 Å². The number of aryl methyl sites for hydroxylation is 1. The topological polar surface area (TPSA) is 72.2 Å². The van der Waals surface area contributed by atoms with Gasteiger partial charge in [0.15, 0.2) is 0 Å². The fraction of sp³-hybridized carbons (Fsp3) is 0.286. The zero-order valence-corrected chi connectivity index (χ0v) is 6.52. The minimum atomic E-state index is -1.29. The van der Waals surface area contributed by atoms with Crippen LogP contribution in [0.15, 0.2) is 17.2 Å². The summed E-state index contributed by atoms with van der Waals surface area (Å²) in [5, 5.41) is 8.51. The molecule has 0 radical (unpaired) electrons. The maximum Gasteiger partial charge on any atom is 0.360 e. The van der Waals surface area contributed by atoms with Crippen LogP contribution < -0.4 is 5.56 Å². The van der Waals surface area contributed by atoms with Gasteiger partial charge in [0.2, 0.25) is 5.69 Å². The Balaban J connectivity index is 3.33. The first-order valence-corrected chi connectivity index (χ1v) is 3.45. The molecule has 0 saturated carbocycles. The molecule has 0 spiro atoms. The van der Waals surface area contributed by atoms with Gasteiger partial charge in [-0.05, 0) is 6.92 Å². The summed E-state index contributed by atoms with van der Waals surface area (Å²) in [6, 6.07) is 0. The summed E-state index contributed by atoms with van der Waals surface area (Å²) in [4.78, 5) is 25.0. The van der Waals surface area contributed by atoms with Crippen LogP contribution in [0.1, 0.15) is 17.4 Å². The average molecular weight is 168 g/mol. The summed E-state index contributed by atoms with van der Waals surface area (Å²) in [5.41, 5.74) is -0.994. The molecule has 1 rings (SSSR count). The summed E-state index contributed by atoms with van der Waals surface area (Å²) in [6.45, 7) is 2.20. The third kappa shape index (κ3) is 1.34. The van der Waals surface area contributed by atoms with E-state index in [1.807, 2.05) is 0 Å². The number of aromatic nitrogens is 2. The number of aromatic carboxylic acids is 1. The third-order valence-electron chi connectivity index (χ3n) is 1.46. The van der Waals surface area contributed by atoms with Crippen molar-refractivity contribution in [2.75, 3.05) is 0 Å². The van der Waals surface area contributed by atoms with Crippen LogP contribution in [-0.2, 0) is 6.54 Å². The molecule has 0 saturated heterocycles. The number of nitrogens with zero attached hydrogens (tertiary/aromatic N) is 2. The lowest BCUT2D eigenvalue weighted by molar-refractivity contribution is 0.0687. The molecule has 64 valence electrons. The largest absolute Gasteiger partial charge is 0.476 e. The van der Waals surface area contributed by atoms with E-state index in [0.717, 1.165) is 0 Å². The zero-order chi connectivity index (χ0) is 9.14. The molecule has 1 heterocycles. The van der Waals surface area contributed by atoms with Gasteiger partial charge in [-0.3, -0.25) is 4.79 Å². The van der Waals surface area contributed by atoms with E-state index >= 15 is 0 Å². The molecule has 0 aromatic carbocycles. The van der Waals surface area contributed by atoms with Crippen molar-refractivity contribution in [1.82, 2.24) is 9.55 Å². The van der Waals surface area contributed by atoms with Gasteiger partial charge < -0.3 is 9.67 Å². The molecule has 5 heteroatoms. The van der Waals surface area contributed by atoms with Gasteiger partial charge in [0.25, 0.3) is 5.56 Å². The highest BCUT2D eigenvalue weighted by Crippen LogP contribution is 1.85. The normalized spacial score (nSPS) is 9.75. The Morgan fingerprint density at radius 2 is 2.42 bits per heavy atom. The molecule has 0 fully saturated rings. The van der Waals surface area contributed by atoms with Crippen molar-refractivity contribution in [3.05, 3.63) is 28.4 Å². The van der Waals surface area contributed by atoms with Crippen molar-refractivity contribution < 1.29 is 9.90 Å².